The molecular formula is C13H16BrNO3S. The first-order chi connectivity index (χ1) is 8.87. The van der Waals surface area contributed by atoms with E-state index < -0.39 is 11.4 Å². The molecule has 1 rings (SSSR count). The number of aliphatic carboxylic acids is 1. The summed E-state index contributed by atoms with van der Waals surface area (Å²) in [5, 5.41) is 11.7. The molecule has 0 aromatic carbocycles. The number of carboxylic acids is 1. The van der Waals surface area contributed by atoms with Gasteiger partial charge in [0.05, 0.1) is 9.20 Å². The zero-order valence-electron chi connectivity index (χ0n) is 10.8. The van der Waals surface area contributed by atoms with Crippen molar-refractivity contribution in [1.29, 1.82) is 0 Å². The van der Waals surface area contributed by atoms with Crippen molar-refractivity contribution in [3.8, 4) is 0 Å². The molecule has 0 fully saturated rings. The van der Waals surface area contributed by atoms with E-state index in [1.165, 1.54) is 17.4 Å². The number of carboxylic acid groups (broad SMARTS) is 1. The van der Waals surface area contributed by atoms with Crippen molar-refractivity contribution in [3.63, 3.8) is 0 Å². The topological polar surface area (TPSA) is 66.4 Å². The van der Waals surface area contributed by atoms with E-state index in [-0.39, 0.29) is 12.5 Å². The summed E-state index contributed by atoms with van der Waals surface area (Å²) < 4.78 is 0.997. The fraction of sp³-hybridized carbons (Fsp3) is 0.385. The lowest BCUT2D eigenvalue weighted by Gasteiger charge is -2.22. The minimum Gasteiger partial charge on any atom is -0.481 e. The molecule has 0 bridgehead atoms. The average molecular weight is 346 g/mol. The van der Waals surface area contributed by atoms with Crippen LogP contribution in [0.2, 0.25) is 0 Å². The Morgan fingerprint density at radius 2 is 2.21 bits per heavy atom. The van der Waals surface area contributed by atoms with Crippen LogP contribution >= 0.6 is 27.3 Å². The van der Waals surface area contributed by atoms with Crippen LogP contribution in [0.5, 0.6) is 0 Å². The van der Waals surface area contributed by atoms with Crippen molar-refractivity contribution in [2.75, 3.05) is 6.54 Å². The third-order valence-electron chi connectivity index (χ3n) is 2.94. The Hall–Kier alpha value is -1.14. The largest absolute Gasteiger partial charge is 0.481 e. The lowest BCUT2D eigenvalue weighted by atomic mass is 9.88. The standard InChI is InChI=1S/C13H16BrNO3S/c1-3-13(2,12(17)18)8-15-11(16)7-5-9-4-6-10(14)19-9/h4-7H,3,8H2,1-2H3,(H,15,16)(H,17,18)/b7-5+. The van der Waals surface area contributed by atoms with E-state index in [9.17, 15) is 9.59 Å². The second-order valence-electron chi connectivity index (χ2n) is 4.41. The van der Waals surface area contributed by atoms with Crippen LogP contribution in [0.15, 0.2) is 22.0 Å². The summed E-state index contributed by atoms with van der Waals surface area (Å²) in [6, 6.07) is 3.80. The highest BCUT2D eigenvalue weighted by molar-refractivity contribution is 9.11. The molecule has 1 heterocycles. The van der Waals surface area contributed by atoms with Gasteiger partial charge in [0.15, 0.2) is 0 Å². The van der Waals surface area contributed by atoms with Gasteiger partial charge in [-0.1, -0.05) is 6.92 Å². The van der Waals surface area contributed by atoms with Crippen LogP contribution in [-0.2, 0) is 9.59 Å². The molecule has 1 amide bonds. The van der Waals surface area contributed by atoms with E-state index in [1.54, 1.807) is 19.9 Å². The van der Waals surface area contributed by atoms with Crippen molar-refractivity contribution >= 4 is 45.2 Å². The quantitative estimate of drug-likeness (QED) is 0.778. The number of halogens is 1. The molecule has 0 aliphatic heterocycles. The highest BCUT2D eigenvalue weighted by atomic mass is 79.9. The molecule has 2 N–H and O–H groups in total. The van der Waals surface area contributed by atoms with Gasteiger partial charge in [0.2, 0.25) is 5.91 Å². The highest BCUT2D eigenvalue weighted by Crippen LogP contribution is 2.23. The number of thiophene rings is 1. The van der Waals surface area contributed by atoms with Gasteiger partial charge in [-0.2, -0.15) is 0 Å². The van der Waals surface area contributed by atoms with Crippen LogP contribution in [0, 0.1) is 5.41 Å². The molecule has 0 saturated carbocycles. The number of nitrogens with one attached hydrogen (secondary N) is 1. The van der Waals surface area contributed by atoms with Crippen LogP contribution in [0.3, 0.4) is 0 Å². The SMILES string of the molecule is CCC(C)(CNC(=O)/C=C/c1ccc(Br)s1)C(=O)O. The van der Waals surface area contributed by atoms with Gasteiger partial charge in [-0.25, -0.2) is 0 Å². The van der Waals surface area contributed by atoms with Crippen LogP contribution in [0.4, 0.5) is 0 Å². The van der Waals surface area contributed by atoms with Crippen molar-refractivity contribution in [3.05, 3.63) is 26.9 Å². The molecule has 0 saturated heterocycles. The number of rotatable bonds is 6. The van der Waals surface area contributed by atoms with E-state index in [2.05, 4.69) is 21.2 Å². The van der Waals surface area contributed by atoms with Gasteiger partial charge >= 0.3 is 5.97 Å². The van der Waals surface area contributed by atoms with E-state index >= 15 is 0 Å². The molecule has 1 unspecified atom stereocenters. The molecule has 0 aliphatic rings. The van der Waals surface area contributed by atoms with E-state index in [0.717, 1.165) is 8.66 Å². The van der Waals surface area contributed by atoms with E-state index in [0.29, 0.717) is 6.42 Å². The van der Waals surface area contributed by atoms with Gasteiger partial charge in [0, 0.05) is 17.5 Å². The molecule has 0 aliphatic carbocycles. The second-order valence-corrected chi connectivity index (χ2v) is 6.91. The van der Waals surface area contributed by atoms with E-state index in [1.807, 2.05) is 12.1 Å². The minimum atomic E-state index is -0.921. The third-order valence-corrected chi connectivity index (χ3v) is 4.53. The van der Waals surface area contributed by atoms with Gasteiger partial charge in [0.25, 0.3) is 0 Å². The Morgan fingerprint density at radius 1 is 1.53 bits per heavy atom. The molecule has 0 radical (unpaired) electrons. The summed E-state index contributed by atoms with van der Waals surface area (Å²) in [5.41, 5.74) is -0.921. The Balaban J connectivity index is 2.52. The van der Waals surface area contributed by atoms with Gasteiger partial charge in [0.1, 0.15) is 0 Å². The van der Waals surface area contributed by atoms with E-state index in [4.69, 9.17) is 5.11 Å². The highest BCUT2D eigenvalue weighted by Gasteiger charge is 2.31. The summed E-state index contributed by atoms with van der Waals surface area (Å²) >= 11 is 4.86. The maximum atomic E-state index is 11.6. The summed E-state index contributed by atoms with van der Waals surface area (Å²) in [5.74, 6) is -1.19. The Morgan fingerprint density at radius 3 is 2.68 bits per heavy atom. The molecule has 4 nitrogen and oxygen atoms in total. The number of amides is 1. The van der Waals surface area contributed by atoms with Gasteiger partial charge in [-0.15, -0.1) is 11.3 Å². The molecule has 0 spiro atoms. The van der Waals surface area contributed by atoms with Gasteiger partial charge < -0.3 is 10.4 Å². The van der Waals surface area contributed by atoms with Crippen LogP contribution in [0.25, 0.3) is 6.08 Å². The van der Waals surface area contributed by atoms with Crippen LogP contribution in [0.1, 0.15) is 25.1 Å². The van der Waals surface area contributed by atoms with Crippen LogP contribution < -0.4 is 5.32 Å². The lowest BCUT2D eigenvalue weighted by Crippen LogP contribution is -2.40. The number of carbonyl (C=O) groups is 2. The van der Waals surface area contributed by atoms with Crippen LogP contribution in [-0.4, -0.2) is 23.5 Å². The number of carbonyl (C=O) groups excluding carboxylic acids is 1. The Bertz CT molecular complexity index is 498. The first-order valence-corrected chi connectivity index (χ1v) is 7.43. The normalized spacial score (nSPS) is 14.3. The summed E-state index contributed by atoms with van der Waals surface area (Å²) in [6.07, 6.45) is 3.58. The fourth-order valence-corrected chi connectivity index (χ4v) is 2.59. The first kappa shape index (κ1) is 15.9. The van der Waals surface area contributed by atoms with Crippen molar-refractivity contribution in [1.82, 2.24) is 5.32 Å². The maximum absolute atomic E-state index is 11.6. The third kappa shape index (κ3) is 4.80. The van der Waals surface area contributed by atoms with Crippen molar-refractivity contribution < 1.29 is 14.7 Å². The molecule has 1 atom stereocenters. The Labute approximate surface area is 124 Å². The zero-order valence-corrected chi connectivity index (χ0v) is 13.2. The average Bonchev–Trinajstić information content (AvgIpc) is 2.79. The predicted octanol–water partition coefficient (Wildman–Crippen LogP) is 3.14. The molecule has 19 heavy (non-hydrogen) atoms. The second kappa shape index (κ2) is 6.86. The molecule has 1 aromatic rings. The predicted molar refractivity (Wildman–Crippen MR) is 80.1 cm³/mol. The first-order valence-electron chi connectivity index (χ1n) is 5.82. The molecular weight excluding hydrogens is 330 g/mol. The maximum Gasteiger partial charge on any atom is 0.311 e. The number of hydrogen-bond donors (Lipinski definition) is 2. The van der Waals surface area contributed by atoms with Gasteiger partial charge in [-0.3, -0.25) is 9.59 Å². The molecule has 1 aromatic heterocycles. The monoisotopic (exact) mass is 345 g/mol. The summed E-state index contributed by atoms with van der Waals surface area (Å²) in [4.78, 5) is 23.6. The number of hydrogen-bond acceptors (Lipinski definition) is 3. The summed E-state index contributed by atoms with van der Waals surface area (Å²) in [7, 11) is 0. The summed E-state index contributed by atoms with van der Waals surface area (Å²) in [6.45, 7) is 3.53. The minimum absolute atomic E-state index is 0.121. The molecule has 6 heteroatoms. The zero-order chi connectivity index (χ0) is 14.5. The van der Waals surface area contributed by atoms with Gasteiger partial charge in [-0.05, 0) is 47.5 Å². The van der Waals surface area contributed by atoms with Crippen molar-refractivity contribution in [2.24, 2.45) is 5.41 Å². The molecule has 104 valence electrons. The Kier molecular flexibility index (Phi) is 5.75. The van der Waals surface area contributed by atoms with Crippen molar-refractivity contribution in [2.45, 2.75) is 20.3 Å². The fourth-order valence-electron chi connectivity index (χ4n) is 1.27. The lowest BCUT2D eigenvalue weighted by molar-refractivity contribution is -0.148. The smallest absolute Gasteiger partial charge is 0.311 e.